The van der Waals surface area contributed by atoms with Crippen molar-refractivity contribution >= 4 is 11.5 Å². The van der Waals surface area contributed by atoms with Gasteiger partial charge in [-0.3, -0.25) is 0 Å². The molecular weight excluding hydrogens is 309 g/mol. The summed E-state index contributed by atoms with van der Waals surface area (Å²) in [6.07, 6.45) is 2.11. The molecule has 0 aliphatic carbocycles. The van der Waals surface area contributed by atoms with Crippen LogP contribution in [0.2, 0.25) is 0 Å². The molecule has 0 radical (unpaired) electrons. The number of carbonyl (C=O) groups is 1. The van der Waals surface area contributed by atoms with E-state index in [0.29, 0.717) is 5.92 Å². The van der Waals surface area contributed by atoms with Crippen molar-refractivity contribution < 1.29 is 39.5 Å². The van der Waals surface area contributed by atoms with Crippen LogP contribution in [0.3, 0.4) is 0 Å². The van der Waals surface area contributed by atoms with Crippen LogP contribution in [0.25, 0.3) is 5.57 Å². The maximum Gasteiger partial charge on any atom is 1.00 e. The second-order valence-electron chi connectivity index (χ2n) is 5.92. The van der Waals surface area contributed by atoms with Gasteiger partial charge in [-0.05, 0) is 34.6 Å². The fourth-order valence-corrected chi connectivity index (χ4v) is 2.41. The molecule has 2 rings (SSSR count). The number of hydrogen-bond acceptors (Lipinski definition) is 3. The molecule has 120 valence electrons. The van der Waals surface area contributed by atoms with E-state index < -0.39 is 12.0 Å². The Morgan fingerprint density at radius 3 is 2.08 bits per heavy atom. The summed E-state index contributed by atoms with van der Waals surface area (Å²) in [6, 6.07) is 17.2. The maximum atomic E-state index is 10.8. The molecule has 0 aliphatic heterocycles. The quantitative estimate of drug-likeness (QED) is 0.740. The first kappa shape index (κ1) is 20.7. The number of carboxylic acid groups (broad SMARTS) is 1. The van der Waals surface area contributed by atoms with Gasteiger partial charge in [0.05, 0.1) is 5.97 Å². The van der Waals surface area contributed by atoms with Crippen LogP contribution in [-0.4, -0.2) is 12.0 Å². The molecule has 2 N–H and O–H groups in total. The van der Waals surface area contributed by atoms with Crippen LogP contribution in [-0.2, 0) is 4.79 Å². The van der Waals surface area contributed by atoms with Crippen molar-refractivity contribution in [3.05, 3.63) is 77.4 Å². The molecule has 2 aromatic rings. The van der Waals surface area contributed by atoms with Crippen molar-refractivity contribution in [2.24, 2.45) is 5.73 Å². The third-order valence-electron chi connectivity index (χ3n) is 3.85. The molecule has 24 heavy (non-hydrogen) atoms. The van der Waals surface area contributed by atoms with Gasteiger partial charge in [-0.25, -0.2) is 0 Å². The standard InChI is InChI=1S/C20H23NO2.Na/c1-14(2)15-8-10-17(11-9-15)18(12-13-19(21)20(22)23)16-6-4-3-5-7-16;/h3-12,14,19H,13,21H2,1-2H3,(H,22,23);/q;+1/p-1/b18-12-;. The first-order valence-corrected chi connectivity index (χ1v) is 7.81. The molecule has 2 aromatic carbocycles. The van der Waals surface area contributed by atoms with Crippen LogP contribution in [0.1, 0.15) is 42.9 Å². The molecule has 0 spiro atoms. The number of carboxylic acids is 1. The van der Waals surface area contributed by atoms with Crippen LogP contribution in [0.5, 0.6) is 0 Å². The van der Waals surface area contributed by atoms with Crippen molar-refractivity contribution in [1.82, 2.24) is 0 Å². The molecule has 3 nitrogen and oxygen atoms in total. The zero-order valence-electron chi connectivity index (χ0n) is 14.5. The zero-order valence-corrected chi connectivity index (χ0v) is 16.5. The molecule has 0 aliphatic rings. The Balaban J connectivity index is 0.00000288. The van der Waals surface area contributed by atoms with Gasteiger partial charge in [0.25, 0.3) is 0 Å². The Morgan fingerprint density at radius 1 is 1.04 bits per heavy atom. The first-order chi connectivity index (χ1) is 11.0. The minimum Gasteiger partial charge on any atom is -0.548 e. The minimum absolute atomic E-state index is 0. The predicted octanol–water partition coefficient (Wildman–Crippen LogP) is -0.287. The fourth-order valence-electron chi connectivity index (χ4n) is 2.41. The molecule has 0 heterocycles. The van der Waals surface area contributed by atoms with Gasteiger partial charge in [0.2, 0.25) is 0 Å². The number of aliphatic carboxylic acids is 1. The van der Waals surface area contributed by atoms with Crippen molar-refractivity contribution in [3.63, 3.8) is 0 Å². The van der Waals surface area contributed by atoms with Gasteiger partial charge >= 0.3 is 29.6 Å². The number of benzene rings is 2. The third kappa shape index (κ3) is 5.60. The molecule has 0 saturated heterocycles. The van der Waals surface area contributed by atoms with E-state index in [-0.39, 0.29) is 36.0 Å². The Hall–Kier alpha value is -1.39. The average molecular weight is 331 g/mol. The number of carbonyl (C=O) groups excluding carboxylic acids is 1. The summed E-state index contributed by atoms with van der Waals surface area (Å²) in [6.45, 7) is 4.31. The SMILES string of the molecule is CC(C)c1ccc(/C(=C\CC(N)C(=O)[O-])c2ccccc2)cc1.[Na+]. The predicted molar refractivity (Wildman–Crippen MR) is 91.7 cm³/mol. The van der Waals surface area contributed by atoms with Crippen molar-refractivity contribution in [2.45, 2.75) is 32.2 Å². The van der Waals surface area contributed by atoms with E-state index in [9.17, 15) is 9.90 Å². The molecule has 4 heteroatoms. The fraction of sp³-hybridized carbons (Fsp3) is 0.250. The molecule has 0 fully saturated rings. The first-order valence-electron chi connectivity index (χ1n) is 7.81. The van der Waals surface area contributed by atoms with Crippen molar-refractivity contribution in [2.75, 3.05) is 0 Å². The van der Waals surface area contributed by atoms with Crippen LogP contribution in [0.15, 0.2) is 60.7 Å². The Bertz CT molecular complexity index is 679. The summed E-state index contributed by atoms with van der Waals surface area (Å²) in [5, 5.41) is 10.8. The van der Waals surface area contributed by atoms with Crippen LogP contribution < -0.4 is 40.4 Å². The Labute approximate surface area is 165 Å². The van der Waals surface area contributed by atoms with Gasteiger partial charge in [-0.1, -0.05) is 74.5 Å². The van der Waals surface area contributed by atoms with E-state index in [0.717, 1.165) is 16.7 Å². The largest absolute Gasteiger partial charge is 1.00 e. The van der Waals surface area contributed by atoms with Gasteiger partial charge in [-0.15, -0.1) is 0 Å². The van der Waals surface area contributed by atoms with Gasteiger partial charge in [0, 0.05) is 6.04 Å². The summed E-state index contributed by atoms with van der Waals surface area (Å²) in [4.78, 5) is 10.8. The second kappa shape index (κ2) is 9.80. The van der Waals surface area contributed by atoms with Crippen molar-refractivity contribution in [1.29, 1.82) is 0 Å². The summed E-state index contributed by atoms with van der Waals surface area (Å²) in [5.74, 6) is -0.761. The average Bonchev–Trinajstić information content (AvgIpc) is 2.56. The van der Waals surface area contributed by atoms with Gasteiger partial charge in [-0.2, -0.15) is 0 Å². The van der Waals surface area contributed by atoms with Gasteiger partial charge in [0.15, 0.2) is 0 Å². The van der Waals surface area contributed by atoms with Crippen molar-refractivity contribution in [3.8, 4) is 0 Å². The zero-order chi connectivity index (χ0) is 16.8. The Morgan fingerprint density at radius 2 is 1.58 bits per heavy atom. The van der Waals surface area contributed by atoms with E-state index in [2.05, 4.69) is 38.1 Å². The Kier molecular flexibility index (Phi) is 8.43. The molecule has 0 amide bonds. The number of nitrogens with two attached hydrogens (primary N) is 1. The van der Waals surface area contributed by atoms with Crippen LogP contribution in [0.4, 0.5) is 0 Å². The normalized spacial score (nSPS) is 12.6. The van der Waals surface area contributed by atoms with E-state index in [1.165, 1.54) is 5.56 Å². The monoisotopic (exact) mass is 331 g/mol. The van der Waals surface area contributed by atoms with E-state index >= 15 is 0 Å². The summed E-state index contributed by atoms with van der Waals surface area (Å²) in [7, 11) is 0. The molecule has 0 bridgehead atoms. The summed E-state index contributed by atoms with van der Waals surface area (Å²) in [5.41, 5.74) is 9.92. The molecular formula is C20H22NNaO2. The van der Waals surface area contributed by atoms with Crippen LogP contribution in [0, 0.1) is 0 Å². The number of rotatable bonds is 6. The molecule has 1 unspecified atom stereocenters. The maximum absolute atomic E-state index is 10.8. The molecule has 1 atom stereocenters. The smallest absolute Gasteiger partial charge is 0.548 e. The topological polar surface area (TPSA) is 66.2 Å². The molecule has 0 aromatic heterocycles. The number of hydrogen-bond donors (Lipinski definition) is 1. The van der Waals surface area contributed by atoms with Crippen LogP contribution >= 0.6 is 0 Å². The van der Waals surface area contributed by atoms with Gasteiger partial charge in [0.1, 0.15) is 0 Å². The summed E-state index contributed by atoms with van der Waals surface area (Å²) >= 11 is 0. The minimum atomic E-state index is -1.23. The molecule has 0 saturated carbocycles. The summed E-state index contributed by atoms with van der Waals surface area (Å²) < 4.78 is 0. The second-order valence-corrected chi connectivity index (χ2v) is 5.92. The van der Waals surface area contributed by atoms with E-state index in [4.69, 9.17) is 5.73 Å². The third-order valence-corrected chi connectivity index (χ3v) is 3.85. The van der Waals surface area contributed by atoms with Gasteiger partial charge < -0.3 is 15.6 Å². The van der Waals surface area contributed by atoms with E-state index in [1.54, 1.807) is 0 Å². The van der Waals surface area contributed by atoms with E-state index in [1.807, 2.05) is 36.4 Å².